The van der Waals surface area contributed by atoms with Gasteiger partial charge in [0, 0.05) is 18.4 Å². The fourth-order valence-corrected chi connectivity index (χ4v) is 2.81. The van der Waals surface area contributed by atoms with Crippen molar-refractivity contribution in [3.8, 4) is 5.75 Å². The first-order valence-corrected chi connectivity index (χ1v) is 9.53. The monoisotopic (exact) mass is 347 g/mol. The fourth-order valence-electron chi connectivity index (χ4n) is 2.14. The van der Waals surface area contributed by atoms with E-state index in [0.717, 1.165) is 17.6 Å². The van der Waals surface area contributed by atoms with E-state index in [9.17, 15) is 13.2 Å². The number of ether oxygens (including phenoxy) is 1. The molecule has 0 aliphatic heterocycles. The summed E-state index contributed by atoms with van der Waals surface area (Å²) in [5.41, 5.74) is 1.46. The van der Waals surface area contributed by atoms with Crippen LogP contribution in [0.25, 0.3) is 0 Å². The smallest absolute Gasteiger partial charge is 0.251 e. The molecule has 0 fully saturated rings. The molecule has 5 nitrogen and oxygen atoms in total. The van der Waals surface area contributed by atoms with Crippen LogP contribution in [0.3, 0.4) is 0 Å². The van der Waals surface area contributed by atoms with E-state index < -0.39 is 9.84 Å². The van der Waals surface area contributed by atoms with Crippen LogP contribution in [0, 0.1) is 6.92 Å². The van der Waals surface area contributed by atoms with Crippen LogP contribution in [0.5, 0.6) is 5.75 Å². The quantitative estimate of drug-likeness (QED) is 0.782. The highest BCUT2D eigenvalue weighted by Gasteiger charge is 2.11. The summed E-state index contributed by atoms with van der Waals surface area (Å²) in [6, 6.07) is 13.8. The zero-order valence-corrected chi connectivity index (χ0v) is 14.6. The summed E-state index contributed by atoms with van der Waals surface area (Å²) in [4.78, 5) is 12.2. The summed E-state index contributed by atoms with van der Waals surface area (Å²) in [7, 11) is -3.32. The van der Waals surface area contributed by atoms with Crippen molar-refractivity contribution in [2.75, 3.05) is 19.4 Å². The Morgan fingerprint density at radius 1 is 1.12 bits per heavy atom. The van der Waals surface area contributed by atoms with Gasteiger partial charge in [-0.1, -0.05) is 18.2 Å². The van der Waals surface area contributed by atoms with Crippen molar-refractivity contribution < 1.29 is 17.9 Å². The molecule has 0 unspecified atom stereocenters. The molecule has 0 saturated heterocycles. The number of nitrogens with one attached hydrogen (secondary N) is 1. The van der Waals surface area contributed by atoms with Gasteiger partial charge in [-0.15, -0.1) is 0 Å². The van der Waals surface area contributed by atoms with E-state index in [-0.39, 0.29) is 10.8 Å². The lowest BCUT2D eigenvalue weighted by Crippen LogP contribution is -2.25. The van der Waals surface area contributed by atoms with Crippen LogP contribution in [-0.4, -0.2) is 33.7 Å². The van der Waals surface area contributed by atoms with Gasteiger partial charge in [0.05, 0.1) is 11.5 Å². The van der Waals surface area contributed by atoms with Gasteiger partial charge in [-0.25, -0.2) is 8.42 Å². The molecule has 0 aliphatic carbocycles. The maximum Gasteiger partial charge on any atom is 0.251 e. The van der Waals surface area contributed by atoms with Gasteiger partial charge in [0.1, 0.15) is 5.75 Å². The van der Waals surface area contributed by atoms with Gasteiger partial charge in [0.2, 0.25) is 0 Å². The molecule has 1 N–H and O–H groups in total. The van der Waals surface area contributed by atoms with Crippen LogP contribution in [0.15, 0.2) is 53.4 Å². The molecule has 24 heavy (non-hydrogen) atoms. The first-order chi connectivity index (χ1) is 11.4. The molecule has 128 valence electrons. The van der Waals surface area contributed by atoms with Crippen molar-refractivity contribution in [3.05, 3.63) is 59.7 Å². The summed E-state index contributed by atoms with van der Waals surface area (Å²) in [6.07, 6.45) is 1.78. The van der Waals surface area contributed by atoms with Gasteiger partial charge in [0.15, 0.2) is 9.84 Å². The predicted molar refractivity (Wildman–Crippen MR) is 93.2 cm³/mol. The zero-order valence-electron chi connectivity index (χ0n) is 13.8. The fraction of sp³-hybridized carbons (Fsp3) is 0.278. The highest BCUT2D eigenvalue weighted by molar-refractivity contribution is 7.90. The van der Waals surface area contributed by atoms with Gasteiger partial charge in [0.25, 0.3) is 5.91 Å². The molecule has 0 heterocycles. The van der Waals surface area contributed by atoms with Crippen molar-refractivity contribution in [2.24, 2.45) is 0 Å². The van der Waals surface area contributed by atoms with Gasteiger partial charge >= 0.3 is 0 Å². The van der Waals surface area contributed by atoms with Crippen LogP contribution >= 0.6 is 0 Å². The Labute approximate surface area is 142 Å². The summed E-state index contributed by atoms with van der Waals surface area (Å²) in [5.74, 6) is 0.512. The highest BCUT2D eigenvalue weighted by atomic mass is 32.2. The van der Waals surface area contributed by atoms with E-state index in [2.05, 4.69) is 5.32 Å². The Morgan fingerprint density at radius 3 is 2.58 bits per heavy atom. The average Bonchev–Trinajstić information content (AvgIpc) is 2.54. The maximum absolute atomic E-state index is 12.1. The number of hydrogen-bond donors (Lipinski definition) is 1. The Balaban J connectivity index is 1.79. The number of aryl methyl sites for hydroxylation is 1. The lowest BCUT2D eigenvalue weighted by atomic mass is 10.2. The number of rotatable bonds is 7. The third-order valence-electron chi connectivity index (χ3n) is 3.39. The molecule has 0 atom stereocenters. The summed E-state index contributed by atoms with van der Waals surface area (Å²) < 4.78 is 28.6. The third-order valence-corrected chi connectivity index (χ3v) is 4.50. The maximum atomic E-state index is 12.1. The standard InChI is InChI=1S/C18H21NO4S/c1-14-6-3-8-16(12-14)23-11-5-10-19-18(20)15-7-4-9-17(13-15)24(2,21)22/h3-4,6-9,12-13H,5,10-11H2,1-2H3,(H,19,20). The molecule has 2 aromatic rings. The molecule has 0 aliphatic rings. The number of benzene rings is 2. The van der Waals surface area contributed by atoms with Crippen molar-refractivity contribution in [2.45, 2.75) is 18.2 Å². The van der Waals surface area contributed by atoms with E-state index in [1.807, 2.05) is 31.2 Å². The number of sulfone groups is 1. The summed E-state index contributed by atoms with van der Waals surface area (Å²) >= 11 is 0. The first-order valence-electron chi connectivity index (χ1n) is 7.64. The van der Waals surface area contributed by atoms with Crippen LogP contribution < -0.4 is 10.1 Å². The van der Waals surface area contributed by atoms with E-state index in [0.29, 0.717) is 25.1 Å². The molecule has 0 saturated carbocycles. The lowest BCUT2D eigenvalue weighted by Gasteiger charge is -2.08. The van der Waals surface area contributed by atoms with E-state index in [4.69, 9.17) is 4.74 Å². The van der Waals surface area contributed by atoms with Crippen LogP contribution in [-0.2, 0) is 9.84 Å². The summed E-state index contributed by atoms with van der Waals surface area (Å²) in [5, 5.41) is 2.76. The van der Waals surface area contributed by atoms with Crippen molar-refractivity contribution in [1.82, 2.24) is 5.32 Å². The summed E-state index contributed by atoms with van der Waals surface area (Å²) in [6.45, 7) is 2.94. The number of hydrogen-bond acceptors (Lipinski definition) is 4. The second-order valence-corrected chi connectivity index (χ2v) is 7.59. The number of carbonyl (C=O) groups is 1. The lowest BCUT2D eigenvalue weighted by molar-refractivity contribution is 0.0951. The number of carbonyl (C=O) groups excluding carboxylic acids is 1. The van der Waals surface area contributed by atoms with E-state index >= 15 is 0 Å². The molecule has 2 rings (SSSR count). The minimum absolute atomic E-state index is 0.137. The van der Waals surface area contributed by atoms with Crippen molar-refractivity contribution >= 4 is 15.7 Å². The Hall–Kier alpha value is -2.34. The molecule has 0 bridgehead atoms. The molecule has 2 aromatic carbocycles. The average molecular weight is 347 g/mol. The molecular formula is C18H21NO4S. The normalized spacial score (nSPS) is 11.1. The molecule has 0 spiro atoms. The van der Waals surface area contributed by atoms with E-state index in [1.165, 1.54) is 12.1 Å². The SMILES string of the molecule is Cc1cccc(OCCCNC(=O)c2cccc(S(C)(=O)=O)c2)c1. The van der Waals surface area contributed by atoms with Crippen molar-refractivity contribution in [3.63, 3.8) is 0 Å². The second-order valence-electron chi connectivity index (χ2n) is 5.57. The minimum atomic E-state index is -3.32. The van der Waals surface area contributed by atoms with Crippen LogP contribution in [0.1, 0.15) is 22.3 Å². The molecule has 6 heteroatoms. The Kier molecular flexibility index (Phi) is 5.98. The molecule has 1 amide bonds. The molecule has 0 radical (unpaired) electrons. The topological polar surface area (TPSA) is 72.5 Å². The molecular weight excluding hydrogens is 326 g/mol. The zero-order chi connectivity index (χ0) is 17.6. The predicted octanol–water partition coefficient (Wildman–Crippen LogP) is 2.60. The van der Waals surface area contributed by atoms with Gasteiger partial charge in [-0.3, -0.25) is 4.79 Å². The second kappa shape index (κ2) is 7.97. The van der Waals surface area contributed by atoms with Crippen LogP contribution in [0.2, 0.25) is 0 Å². The molecule has 0 aromatic heterocycles. The van der Waals surface area contributed by atoms with Crippen molar-refractivity contribution in [1.29, 1.82) is 0 Å². The number of amides is 1. The first kappa shape index (κ1) is 18.0. The highest BCUT2D eigenvalue weighted by Crippen LogP contribution is 2.13. The minimum Gasteiger partial charge on any atom is -0.494 e. The van der Waals surface area contributed by atoms with E-state index in [1.54, 1.807) is 12.1 Å². The van der Waals surface area contributed by atoms with Gasteiger partial charge in [-0.05, 0) is 49.2 Å². The van der Waals surface area contributed by atoms with Gasteiger partial charge < -0.3 is 10.1 Å². The van der Waals surface area contributed by atoms with Gasteiger partial charge in [-0.2, -0.15) is 0 Å². The largest absolute Gasteiger partial charge is 0.494 e. The van der Waals surface area contributed by atoms with Crippen LogP contribution in [0.4, 0.5) is 0 Å². The Morgan fingerprint density at radius 2 is 1.88 bits per heavy atom. The Bertz CT molecular complexity index is 815. The third kappa shape index (κ3) is 5.38.